The van der Waals surface area contributed by atoms with E-state index in [1.165, 1.54) is 0 Å². The van der Waals surface area contributed by atoms with Crippen LogP contribution in [0.15, 0.2) is 42.6 Å². The van der Waals surface area contributed by atoms with Crippen molar-refractivity contribution in [3.05, 3.63) is 48.2 Å². The minimum atomic E-state index is 0.110. The average Bonchev–Trinajstić information content (AvgIpc) is 2.04. The summed E-state index contributed by atoms with van der Waals surface area (Å²) in [4.78, 5) is 11.3. The Kier molecular flexibility index (Phi) is 3.26. The summed E-state index contributed by atoms with van der Waals surface area (Å²) in [7, 11) is 0. The number of ketones is 1. The van der Waals surface area contributed by atoms with E-state index in [9.17, 15) is 4.79 Å². The van der Waals surface area contributed by atoms with Crippen LogP contribution in [-0.4, -0.2) is 5.78 Å². The Morgan fingerprint density at radius 1 is 1.31 bits per heavy atom. The molecule has 0 atom stereocenters. The van der Waals surface area contributed by atoms with Crippen molar-refractivity contribution in [3.63, 3.8) is 0 Å². The quantitative estimate of drug-likeness (QED) is 0.756. The van der Waals surface area contributed by atoms with Crippen molar-refractivity contribution in [2.24, 2.45) is 5.73 Å². The van der Waals surface area contributed by atoms with Gasteiger partial charge in [-0.1, -0.05) is 36.9 Å². The molecule has 68 valence electrons. The van der Waals surface area contributed by atoms with Crippen molar-refractivity contribution in [1.82, 2.24) is 0 Å². The van der Waals surface area contributed by atoms with Crippen LogP contribution in [0.1, 0.15) is 12.0 Å². The van der Waals surface area contributed by atoms with Crippen LogP contribution in [0.4, 0.5) is 0 Å². The lowest BCUT2D eigenvalue weighted by Gasteiger charge is -1.99. The third-order valence-corrected chi connectivity index (χ3v) is 1.67. The van der Waals surface area contributed by atoms with Gasteiger partial charge in [0.1, 0.15) is 5.78 Å². The number of hydrogen-bond acceptors (Lipinski definition) is 2. The summed E-state index contributed by atoms with van der Waals surface area (Å²) in [6.07, 6.45) is 0.714. The van der Waals surface area contributed by atoms with Crippen molar-refractivity contribution in [2.45, 2.75) is 12.8 Å². The van der Waals surface area contributed by atoms with Gasteiger partial charge in [-0.3, -0.25) is 4.79 Å². The summed E-state index contributed by atoms with van der Waals surface area (Å²) in [6.45, 7) is 3.49. The van der Waals surface area contributed by atoms with Crippen molar-refractivity contribution in [3.8, 4) is 0 Å². The van der Waals surface area contributed by atoms with E-state index in [0.717, 1.165) is 5.56 Å². The number of allylic oxidation sites excluding steroid dienone is 1. The molecule has 0 bridgehead atoms. The van der Waals surface area contributed by atoms with E-state index in [0.29, 0.717) is 12.1 Å². The van der Waals surface area contributed by atoms with E-state index in [-0.39, 0.29) is 12.2 Å². The van der Waals surface area contributed by atoms with Gasteiger partial charge in [-0.25, -0.2) is 0 Å². The summed E-state index contributed by atoms with van der Waals surface area (Å²) < 4.78 is 0. The van der Waals surface area contributed by atoms with Gasteiger partial charge < -0.3 is 5.73 Å². The van der Waals surface area contributed by atoms with E-state index in [1.54, 1.807) is 0 Å². The molecular formula is C11H13NO. The third-order valence-electron chi connectivity index (χ3n) is 1.67. The summed E-state index contributed by atoms with van der Waals surface area (Å²) in [6, 6.07) is 9.62. The molecule has 0 aliphatic heterocycles. The highest BCUT2D eigenvalue weighted by molar-refractivity contribution is 5.82. The first-order valence-electron chi connectivity index (χ1n) is 4.17. The van der Waals surface area contributed by atoms with E-state index < -0.39 is 0 Å². The van der Waals surface area contributed by atoms with Gasteiger partial charge in [0.05, 0.1) is 0 Å². The highest BCUT2D eigenvalue weighted by Gasteiger charge is 2.02. The van der Waals surface area contributed by atoms with Crippen LogP contribution in [0.5, 0.6) is 0 Å². The first-order valence-corrected chi connectivity index (χ1v) is 4.17. The fourth-order valence-electron chi connectivity index (χ4n) is 1.14. The van der Waals surface area contributed by atoms with Crippen molar-refractivity contribution in [1.29, 1.82) is 0 Å². The van der Waals surface area contributed by atoms with Crippen LogP contribution in [0.2, 0.25) is 0 Å². The lowest BCUT2D eigenvalue weighted by molar-refractivity contribution is -0.117. The number of hydrogen-bond donors (Lipinski definition) is 1. The van der Waals surface area contributed by atoms with Crippen LogP contribution < -0.4 is 5.73 Å². The van der Waals surface area contributed by atoms with Gasteiger partial charge in [0.2, 0.25) is 0 Å². The lowest BCUT2D eigenvalue weighted by atomic mass is 10.1. The van der Waals surface area contributed by atoms with Crippen molar-refractivity contribution < 1.29 is 4.79 Å². The molecule has 13 heavy (non-hydrogen) atoms. The molecule has 2 heteroatoms. The molecule has 0 unspecified atom stereocenters. The molecule has 1 rings (SSSR count). The molecule has 0 heterocycles. The maximum absolute atomic E-state index is 11.3. The zero-order valence-electron chi connectivity index (χ0n) is 7.49. The topological polar surface area (TPSA) is 43.1 Å². The van der Waals surface area contributed by atoms with Gasteiger partial charge in [-0.15, -0.1) is 0 Å². The Balaban J connectivity index is 2.50. The number of rotatable bonds is 4. The van der Waals surface area contributed by atoms with Gasteiger partial charge in [-0.05, 0) is 5.56 Å². The maximum Gasteiger partial charge on any atom is 0.143 e. The molecule has 0 spiro atoms. The summed E-state index contributed by atoms with van der Waals surface area (Å²) >= 11 is 0. The normalized spacial score (nSPS) is 9.54. The fraction of sp³-hybridized carbons (Fsp3) is 0.182. The smallest absolute Gasteiger partial charge is 0.143 e. The fourth-order valence-corrected chi connectivity index (χ4v) is 1.14. The molecule has 1 aromatic carbocycles. The third kappa shape index (κ3) is 3.56. The van der Waals surface area contributed by atoms with Gasteiger partial charge in [-0.2, -0.15) is 0 Å². The Labute approximate surface area is 78.1 Å². The van der Waals surface area contributed by atoms with Gasteiger partial charge >= 0.3 is 0 Å². The average molecular weight is 175 g/mol. The Bertz CT molecular complexity index is 303. The minimum Gasteiger partial charge on any atom is -0.402 e. The monoisotopic (exact) mass is 175 g/mol. The molecule has 0 aliphatic carbocycles. The standard InChI is InChI=1S/C11H13NO/c1-9(12)7-11(13)8-10-5-3-2-4-6-10/h2-6H,1,7-8,12H2. The molecule has 0 saturated heterocycles. The predicted octanol–water partition coefficient (Wildman–Crippen LogP) is 1.66. The number of carbonyl (C=O) groups excluding carboxylic acids is 1. The molecule has 0 aliphatic rings. The Hall–Kier alpha value is -1.57. The molecule has 0 aromatic heterocycles. The zero-order valence-corrected chi connectivity index (χ0v) is 7.49. The summed E-state index contributed by atoms with van der Waals surface area (Å²) in [5.74, 6) is 0.110. The van der Waals surface area contributed by atoms with Crippen molar-refractivity contribution in [2.75, 3.05) is 0 Å². The maximum atomic E-state index is 11.3. The molecule has 2 nitrogen and oxygen atoms in total. The highest BCUT2D eigenvalue weighted by atomic mass is 16.1. The largest absolute Gasteiger partial charge is 0.402 e. The molecule has 2 N–H and O–H groups in total. The Morgan fingerprint density at radius 3 is 2.46 bits per heavy atom. The van der Waals surface area contributed by atoms with Crippen LogP contribution in [0.3, 0.4) is 0 Å². The first kappa shape index (κ1) is 9.52. The molecular weight excluding hydrogens is 162 g/mol. The van der Waals surface area contributed by atoms with Crippen LogP contribution in [-0.2, 0) is 11.2 Å². The molecule has 0 amide bonds. The second-order valence-electron chi connectivity index (χ2n) is 3.04. The van der Waals surface area contributed by atoms with Gasteiger partial charge in [0.25, 0.3) is 0 Å². The van der Waals surface area contributed by atoms with E-state index >= 15 is 0 Å². The number of nitrogens with two attached hydrogens (primary N) is 1. The summed E-state index contributed by atoms with van der Waals surface area (Å²) in [5.41, 5.74) is 6.79. The lowest BCUT2D eigenvalue weighted by Crippen LogP contribution is -2.07. The van der Waals surface area contributed by atoms with Crippen molar-refractivity contribution >= 4 is 5.78 Å². The van der Waals surface area contributed by atoms with E-state index in [2.05, 4.69) is 6.58 Å². The van der Waals surface area contributed by atoms with Gasteiger partial charge in [0, 0.05) is 18.5 Å². The van der Waals surface area contributed by atoms with Gasteiger partial charge in [0.15, 0.2) is 0 Å². The summed E-state index contributed by atoms with van der Waals surface area (Å²) in [5, 5.41) is 0. The van der Waals surface area contributed by atoms with Crippen LogP contribution >= 0.6 is 0 Å². The predicted molar refractivity (Wildman–Crippen MR) is 53.1 cm³/mol. The molecule has 0 fully saturated rings. The van der Waals surface area contributed by atoms with E-state index in [4.69, 9.17) is 5.73 Å². The second kappa shape index (κ2) is 4.45. The Morgan fingerprint density at radius 2 is 1.92 bits per heavy atom. The molecule has 1 aromatic rings. The van der Waals surface area contributed by atoms with Crippen LogP contribution in [0, 0.1) is 0 Å². The number of Topliss-reactive ketones (excluding diaryl/α,β-unsaturated/α-hetero) is 1. The minimum absolute atomic E-state index is 0.110. The molecule has 0 saturated carbocycles. The number of carbonyl (C=O) groups is 1. The highest BCUT2D eigenvalue weighted by Crippen LogP contribution is 2.03. The zero-order chi connectivity index (χ0) is 9.68. The SMILES string of the molecule is C=C(N)CC(=O)Cc1ccccc1. The molecule has 0 radical (unpaired) electrons. The van der Waals surface area contributed by atoms with Crippen LogP contribution in [0.25, 0.3) is 0 Å². The second-order valence-corrected chi connectivity index (χ2v) is 3.04. The van der Waals surface area contributed by atoms with E-state index in [1.807, 2.05) is 30.3 Å². The number of benzene rings is 1. The first-order chi connectivity index (χ1) is 6.18.